The molecule has 0 unspecified atom stereocenters. The van der Waals surface area contributed by atoms with E-state index < -0.39 is 11.7 Å². The van der Waals surface area contributed by atoms with Gasteiger partial charge in [-0.25, -0.2) is 4.39 Å². The summed E-state index contributed by atoms with van der Waals surface area (Å²) in [6, 6.07) is 5.49. The van der Waals surface area contributed by atoms with E-state index in [2.05, 4.69) is 10.6 Å². The molecule has 4 atom stereocenters. The zero-order valence-corrected chi connectivity index (χ0v) is 12.6. The molecule has 2 aliphatic rings. The van der Waals surface area contributed by atoms with E-state index in [1.54, 1.807) is 6.07 Å². The van der Waals surface area contributed by atoms with Crippen LogP contribution in [0.25, 0.3) is 0 Å². The number of hydrogen-bond donors (Lipinski definition) is 3. The van der Waals surface area contributed by atoms with Crippen LogP contribution in [0.5, 0.6) is 0 Å². The minimum Gasteiger partial charge on any atom is -0.376 e. The molecule has 2 fully saturated rings. The fraction of sp³-hybridized carbons (Fsp3) is 0.500. The molecule has 1 aromatic rings. The second-order valence-corrected chi connectivity index (χ2v) is 5.94. The maximum Gasteiger partial charge on any atom is 0.254 e. The molecule has 1 aliphatic carbocycles. The van der Waals surface area contributed by atoms with Crippen LogP contribution in [0.3, 0.4) is 0 Å². The number of fused-ring (bicyclic) bond motifs is 1. The van der Waals surface area contributed by atoms with Gasteiger partial charge in [0.05, 0.1) is 17.7 Å². The van der Waals surface area contributed by atoms with E-state index in [9.17, 15) is 14.0 Å². The van der Waals surface area contributed by atoms with Gasteiger partial charge >= 0.3 is 0 Å². The summed E-state index contributed by atoms with van der Waals surface area (Å²) in [4.78, 5) is 23.7. The highest BCUT2D eigenvalue weighted by molar-refractivity contribution is 5.94. The highest BCUT2D eigenvalue weighted by Crippen LogP contribution is 2.37. The Hall–Kier alpha value is -1.99. The topological polar surface area (TPSA) is 93.4 Å². The van der Waals surface area contributed by atoms with Crippen molar-refractivity contribution >= 4 is 11.8 Å². The first-order valence-electron chi connectivity index (χ1n) is 7.77. The van der Waals surface area contributed by atoms with E-state index in [4.69, 9.17) is 10.5 Å². The quantitative estimate of drug-likeness (QED) is 0.721. The molecule has 0 aromatic heterocycles. The molecule has 1 aliphatic heterocycles. The molecule has 2 amide bonds. The van der Waals surface area contributed by atoms with Crippen LogP contribution in [0.4, 0.5) is 4.39 Å². The fourth-order valence-electron chi connectivity index (χ4n) is 3.22. The van der Waals surface area contributed by atoms with E-state index in [1.807, 2.05) is 0 Å². The SMILES string of the molecule is N[C@@H]1[C@@H]2CCO[C@@H]2[C@H]1NC(=O)CCNC(=O)c1ccccc1F. The summed E-state index contributed by atoms with van der Waals surface area (Å²) in [5.41, 5.74) is 5.99. The van der Waals surface area contributed by atoms with Crippen LogP contribution in [-0.2, 0) is 9.53 Å². The molecule has 0 spiro atoms. The van der Waals surface area contributed by atoms with Gasteiger partial charge in [0.15, 0.2) is 0 Å². The minimum absolute atomic E-state index is 0.0157. The van der Waals surface area contributed by atoms with Crippen LogP contribution in [0.2, 0.25) is 0 Å². The van der Waals surface area contributed by atoms with E-state index in [0.717, 1.165) is 6.42 Å². The molecule has 7 heteroatoms. The molecule has 6 nitrogen and oxygen atoms in total. The Labute approximate surface area is 133 Å². The molecule has 1 heterocycles. The fourth-order valence-corrected chi connectivity index (χ4v) is 3.22. The van der Waals surface area contributed by atoms with Crippen molar-refractivity contribution in [3.63, 3.8) is 0 Å². The number of benzene rings is 1. The highest BCUT2D eigenvalue weighted by atomic mass is 19.1. The lowest BCUT2D eigenvalue weighted by molar-refractivity contribution is -0.125. The summed E-state index contributed by atoms with van der Waals surface area (Å²) in [6.07, 6.45) is 1.07. The minimum atomic E-state index is -0.584. The second-order valence-electron chi connectivity index (χ2n) is 5.94. The number of ether oxygens (including phenoxy) is 1. The Kier molecular flexibility index (Phi) is 4.58. The largest absolute Gasteiger partial charge is 0.376 e. The normalized spacial score (nSPS) is 28.6. The molecule has 1 saturated carbocycles. The van der Waals surface area contributed by atoms with Crippen LogP contribution in [0.15, 0.2) is 24.3 Å². The Bertz CT molecular complexity index is 610. The lowest BCUT2D eigenvalue weighted by Crippen LogP contribution is -2.69. The highest BCUT2D eigenvalue weighted by Gasteiger charge is 2.52. The number of amides is 2. The van der Waals surface area contributed by atoms with Gasteiger partial charge in [-0.3, -0.25) is 9.59 Å². The summed E-state index contributed by atoms with van der Waals surface area (Å²) in [6.45, 7) is 0.823. The van der Waals surface area contributed by atoms with Crippen LogP contribution in [-0.4, -0.2) is 43.2 Å². The van der Waals surface area contributed by atoms with Gasteiger partial charge in [0, 0.05) is 31.5 Å². The van der Waals surface area contributed by atoms with Crippen molar-refractivity contribution in [1.82, 2.24) is 10.6 Å². The first-order valence-corrected chi connectivity index (χ1v) is 7.77. The maximum absolute atomic E-state index is 13.5. The second kappa shape index (κ2) is 6.64. The number of halogens is 1. The van der Waals surface area contributed by atoms with Crippen molar-refractivity contribution in [3.8, 4) is 0 Å². The van der Waals surface area contributed by atoms with Gasteiger partial charge < -0.3 is 21.1 Å². The van der Waals surface area contributed by atoms with Crippen molar-refractivity contribution < 1.29 is 18.7 Å². The summed E-state index contributed by atoms with van der Waals surface area (Å²) < 4.78 is 19.0. The van der Waals surface area contributed by atoms with Gasteiger partial charge in [-0.1, -0.05) is 12.1 Å². The Morgan fingerprint density at radius 2 is 2.13 bits per heavy atom. The van der Waals surface area contributed by atoms with E-state index >= 15 is 0 Å². The van der Waals surface area contributed by atoms with Crippen molar-refractivity contribution in [2.24, 2.45) is 11.7 Å². The third-order valence-electron chi connectivity index (χ3n) is 4.53. The average molecular weight is 321 g/mol. The molecule has 1 saturated heterocycles. The van der Waals surface area contributed by atoms with Crippen LogP contribution < -0.4 is 16.4 Å². The zero-order valence-electron chi connectivity index (χ0n) is 12.6. The molecular formula is C16H20FN3O3. The summed E-state index contributed by atoms with van der Waals surface area (Å²) >= 11 is 0. The number of nitrogens with one attached hydrogen (secondary N) is 2. The molecule has 0 bridgehead atoms. The maximum atomic E-state index is 13.5. The zero-order chi connectivity index (χ0) is 16.4. The molecule has 0 radical (unpaired) electrons. The monoisotopic (exact) mass is 321 g/mol. The predicted molar refractivity (Wildman–Crippen MR) is 81.1 cm³/mol. The van der Waals surface area contributed by atoms with Gasteiger partial charge in [0.25, 0.3) is 5.91 Å². The van der Waals surface area contributed by atoms with Crippen LogP contribution >= 0.6 is 0 Å². The third kappa shape index (κ3) is 3.20. The number of carbonyl (C=O) groups is 2. The number of nitrogens with two attached hydrogens (primary N) is 1. The van der Waals surface area contributed by atoms with Gasteiger partial charge in [-0.15, -0.1) is 0 Å². The standard InChI is InChI=1S/C16H20FN3O3/c17-11-4-2-1-3-9(11)16(22)19-7-5-12(21)20-14-13(18)10-6-8-23-15(10)14/h1-4,10,13-15H,5-8,18H2,(H,19,22)(H,20,21)/t10-,13+,14-,15-/m0/s1. The first-order chi connectivity index (χ1) is 11.1. The molecule has 4 N–H and O–H groups in total. The Balaban J connectivity index is 1.41. The lowest BCUT2D eigenvalue weighted by Gasteiger charge is -2.45. The van der Waals surface area contributed by atoms with E-state index in [1.165, 1.54) is 18.2 Å². The average Bonchev–Trinajstić information content (AvgIpc) is 2.98. The Morgan fingerprint density at radius 3 is 2.91 bits per heavy atom. The summed E-state index contributed by atoms with van der Waals surface area (Å²) in [7, 11) is 0. The Morgan fingerprint density at radius 1 is 1.35 bits per heavy atom. The van der Waals surface area contributed by atoms with E-state index in [-0.39, 0.29) is 42.6 Å². The summed E-state index contributed by atoms with van der Waals surface area (Å²) in [5.74, 6) is -0.982. The first kappa shape index (κ1) is 15.9. The van der Waals surface area contributed by atoms with Gasteiger partial charge in [-0.05, 0) is 18.6 Å². The number of rotatable bonds is 5. The van der Waals surface area contributed by atoms with Crippen molar-refractivity contribution in [1.29, 1.82) is 0 Å². The summed E-state index contributed by atoms with van der Waals surface area (Å²) in [5, 5.41) is 5.38. The van der Waals surface area contributed by atoms with Crippen molar-refractivity contribution in [2.45, 2.75) is 31.0 Å². The van der Waals surface area contributed by atoms with Gasteiger partial charge in [0.1, 0.15) is 5.82 Å². The molecule has 3 rings (SSSR count). The third-order valence-corrected chi connectivity index (χ3v) is 4.53. The van der Waals surface area contributed by atoms with Crippen LogP contribution in [0.1, 0.15) is 23.2 Å². The number of carbonyl (C=O) groups excluding carboxylic acids is 2. The van der Waals surface area contributed by atoms with Gasteiger partial charge in [0.2, 0.25) is 5.91 Å². The van der Waals surface area contributed by atoms with Crippen molar-refractivity contribution in [2.75, 3.05) is 13.2 Å². The predicted octanol–water partition coefficient (Wildman–Crippen LogP) is 0.176. The molecule has 23 heavy (non-hydrogen) atoms. The van der Waals surface area contributed by atoms with Crippen molar-refractivity contribution in [3.05, 3.63) is 35.6 Å². The smallest absolute Gasteiger partial charge is 0.254 e. The number of hydrogen-bond acceptors (Lipinski definition) is 4. The van der Waals surface area contributed by atoms with Gasteiger partial charge in [-0.2, -0.15) is 0 Å². The lowest BCUT2D eigenvalue weighted by atomic mass is 9.72. The molecular weight excluding hydrogens is 301 g/mol. The molecule has 124 valence electrons. The van der Waals surface area contributed by atoms with E-state index in [0.29, 0.717) is 12.5 Å². The molecule has 1 aromatic carbocycles. The van der Waals surface area contributed by atoms with Crippen LogP contribution in [0, 0.1) is 11.7 Å².